The largest absolute Gasteiger partial charge is 0.257 e. The van der Waals surface area contributed by atoms with E-state index in [0.29, 0.717) is 12.0 Å². The van der Waals surface area contributed by atoms with Crippen LogP contribution in [0.2, 0.25) is 0 Å². The molecular weight excluding hydrogens is 412 g/mol. The van der Waals surface area contributed by atoms with Crippen LogP contribution in [-0.4, -0.2) is 4.98 Å². The summed E-state index contributed by atoms with van der Waals surface area (Å²) in [6, 6.07) is 0.602. The van der Waals surface area contributed by atoms with Gasteiger partial charge in [-0.3, -0.25) is 0 Å². The van der Waals surface area contributed by atoms with Gasteiger partial charge in [0.2, 0.25) is 0 Å². The second-order valence-corrected chi connectivity index (χ2v) is 11.1. The van der Waals surface area contributed by atoms with Crippen molar-refractivity contribution < 1.29 is 4.57 Å². The van der Waals surface area contributed by atoms with Crippen LogP contribution >= 0.6 is 0 Å². The Morgan fingerprint density at radius 2 is 0.971 bits per heavy atom. The molecule has 1 N–H and O–H groups in total. The van der Waals surface area contributed by atoms with Gasteiger partial charge in [-0.1, -0.05) is 149 Å². The number of rotatable bonds is 25. The van der Waals surface area contributed by atoms with E-state index in [0.717, 1.165) is 0 Å². The van der Waals surface area contributed by atoms with Crippen molar-refractivity contribution in [3.63, 3.8) is 0 Å². The third-order valence-corrected chi connectivity index (χ3v) is 8.01. The Balaban J connectivity index is 2.17. The summed E-state index contributed by atoms with van der Waals surface area (Å²) < 4.78 is 2.53. The molecule has 0 spiro atoms. The highest BCUT2D eigenvalue weighted by atomic mass is 15.1. The molecule has 1 aromatic rings. The number of nitrogens with zero attached hydrogens (tertiary/aromatic N) is 1. The van der Waals surface area contributed by atoms with Crippen LogP contribution in [0.4, 0.5) is 0 Å². The molecule has 0 bridgehead atoms. The Labute approximate surface area is 215 Å². The van der Waals surface area contributed by atoms with Gasteiger partial charge in [-0.25, -0.2) is 9.55 Å². The molecule has 0 radical (unpaired) electrons. The average Bonchev–Trinajstić information content (AvgIpc) is 3.34. The molecule has 0 saturated heterocycles. The van der Waals surface area contributed by atoms with Crippen molar-refractivity contribution in [1.29, 1.82) is 0 Å². The molecule has 2 atom stereocenters. The average molecular weight is 476 g/mol. The minimum Gasteiger partial charge on any atom is -0.247 e. The van der Waals surface area contributed by atoms with Gasteiger partial charge < -0.3 is 0 Å². The number of H-pyrrole nitrogens is 1. The van der Waals surface area contributed by atoms with Gasteiger partial charge in [0.1, 0.15) is 12.4 Å². The molecule has 0 aliphatic rings. The number of nitrogens with one attached hydrogen (secondary N) is 1. The van der Waals surface area contributed by atoms with E-state index in [1.807, 2.05) is 0 Å². The number of unbranched alkanes of at least 4 members (excludes halogenated alkanes) is 18. The zero-order valence-corrected chi connectivity index (χ0v) is 24.0. The molecule has 34 heavy (non-hydrogen) atoms. The predicted octanol–water partition coefficient (Wildman–Crippen LogP) is 11.0. The van der Waals surface area contributed by atoms with Crippen molar-refractivity contribution in [2.45, 2.75) is 187 Å². The third-order valence-electron chi connectivity index (χ3n) is 8.01. The van der Waals surface area contributed by atoms with Crippen LogP contribution in [0.1, 0.15) is 193 Å². The molecule has 2 unspecified atom stereocenters. The van der Waals surface area contributed by atoms with E-state index in [9.17, 15) is 0 Å². The Hall–Kier alpha value is -0.790. The first-order chi connectivity index (χ1) is 16.7. The molecule has 2 nitrogen and oxygen atoms in total. The fraction of sp³-hybridized carbons (Fsp3) is 0.906. The normalized spacial score (nSPS) is 13.4. The smallest absolute Gasteiger partial charge is 0.247 e. The van der Waals surface area contributed by atoms with Crippen molar-refractivity contribution in [2.75, 3.05) is 0 Å². The molecule has 1 rings (SSSR count). The maximum absolute atomic E-state index is 3.64. The van der Waals surface area contributed by atoms with Crippen molar-refractivity contribution >= 4 is 0 Å². The molecule has 1 heterocycles. The molecule has 0 aliphatic heterocycles. The molecular formula is C32H63N2+. The lowest BCUT2D eigenvalue weighted by Gasteiger charge is -2.16. The summed E-state index contributed by atoms with van der Waals surface area (Å²) in [5, 5.41) is 0. The number of aromatic nitrogens is 2. The van der Waals surface area contributed by atoms with E-state index in [1.54, 1.807) is 0 Å². The van der Waals surface area contributed by atoms with Crippen LogP contribution in [0.25, 0.3) is 0 Å². The molecule has 1 aromatic heterocycles. The standard InChI is InChI=1S/C32H62N2/c1-5-8-10-12-13-14-15-16-17-18-19-20-21-23-25-27-31(26-24-22-11-9-6-2)32-33-28-29-34(32)30(4)7-3/h28-31H,5-27H2,1-4H3/p+1. The van der Waals surface area contributed by atoms with Crippen LogP contribution in [0.3, 0.4) is 0 Å². The van der Waals surface area contributed by atoms with Crippen molar-refractivity contribution in [2.24, 2.45) is 0 Å². The summed E-state index contributed by atoms with van der Waals surface area (Å²) in [7, 11) is 0. The van der Waals surface area contributed by atoms with Gasteiger partial charge in [-0.15, -0.1) is 0 Å². The maximum Gasteiger partial charge on any atom is 0.257 e. The minimum atomic E-state index is 0.602. The zero-order chi connectivity index (χ0) is 24.7. The Morgan fingerprint density at radius 3 is 1.35 bits per heavy atom. The van der Waals surface area contributed by atoms with Gasteiger partial charge in [0.25, 0.3) is 5.82 Å². The van der Waals surface area contributed by atoms with Gasteiger partial charge in [-0.05, 0) is 26.2 Å². The van der Waals surface area contributed by atoms with E-state index < -0.39 is 0 Å². The Morgan fingerprint density at radius 1 is 0.588 bits per heavy atom. The van der Waals surface area contributed by atoms with Gasteiger partial charge in [0, 0.05) is 0 Å². The Bertz CT molecular complexity index is 535. The fourth-order valence-corrected chi connectivity index (χ4v) is 5.44. The summed E-state index contributed by atoms with van der Waals surface area (Å²) >= 11 is 0. The van der Waals surface area contributed by atoms with E-state index in [4.69, 9.17) is 0 Å². The van der Waals surface area contributed by atoms with E-state index >= 15 is 0 Å². The van der Waals surface area contributed by atoms with Crippen LogP contribution in [0.5, 0.6) is 0 Å². The van der Waals surface area contributed by atoms with E-state index in [1.165, 1.54) is 154 Å². The quantitative estimate of drug-likeness (QED) is 0.107. The first-order valence-corrected chi connectivity index (χ1v) is 15.8. The molecule has 200 valence electrons. The van der Waals surface area contributed by atoms with Gasteiger partial charge in [0.15, 0.2) is 0 Å². The highest BCUT2D eigenvalue weighted by Crippen LogP contribution is 2.27. The van der Waals surface area contributed by atoms with Crippen LogP contribution in [-0.2, 0) is 0 Å². The Kier molecular flexibility index (Phi) is 20.8. The predicted molar refractivity (Wildman–Crippen MR) is 152 cm³/mol. The van der Waals surface area contributed by atoms with Crippen LogP contribution in [0, 0.1) is 0 Å². The minimum absolute atomic E-state index is 0.602. The summed E-state index contributed by atoms with van der Waals surface area (Å²) in [6.45, 7) is 9.29. The van der Waals surface area contributed by atoms with Crippen molar-refractivity contribution in [3.05, 3.63) is 18.2 Å². The third kappa shape index (κ3) is 15.3. The first-order valence-electron chi connectivity index (χ1n) is 15.8. The number of hydrogen-bond donors (Lipinski definition) is 1. The molecule has 0 amide bonds. The first kappa shape index (κ1) is 31.2. The summed E-state index contributed by atoms with van der Waals surface area (Å²) in [4.78, 5) is 3.64. The topological polar surface area (TPSA) is 19.7 Å². The van der Waals surface area contributed by atoms with E-state index in [-0.39, 0.29) is 0 Å². The SMILES string of the molecule is CCCCCCCCCCCCCCCCCC(CCCCCCC)c1[nH]cc[n+]1C(C)CC. The maximum atomic E-state index is 3.64. The van der Waals surface area contributed by atoms with Gasteiger partial charge >= 0.3 is 0 Å². The summed E-state index contributed by atoms with van der Waals surface area (Å²) in [5.74, 6) is 2.21. The number of hydrogen-bond acceptors (Lipinski definition) is 0. The second kappa shape index (κ2) is 22.7. The van der Waals surface area contributed by atoms with Crippen LogP contribution in [0.15, 0.2) is 12.4 Å². The monoisotopic (exact) mass is 475 g/mol. The number of imidazole rings is 1. The lowest BCUT2D eigenvalue weighted by Crippen LogP contribution is -2.40. The lowest BCUT2D eigenvalue weighted by atomic mass is 9.93. The van der Waals surface area contributed by atoms with Gasteiger partial charge in [0.05, 0.1) is 12.0 Å². The zero-order valence-electron chi connectivity index (χ0n) is 24.0. The second-order valence-electron chi connectivity index (χ2n) is 11.1. The summed E-state index contributed by atoms with van der Waals surface area (Å²) in [5.41, 5.74) is 0. The molecule has 0 aliphatic carbocycles. The summed E-state index contributed by atoms with van der Waals surface area (Å²) in [6.07, 6.45) is 37.1. The highest BCUT2D eigenvalue weighted by Gasteiger charge is 2.24. The molecule has 2 heteroatoms. The highest BCUT2D eigenvalue weighted by molar-refractivity contribution is 4.90. The van der Waals surface area contributed by atoms with Crippen molar-refractivity contribution in [3.8, 4) is 0 Å². The van der Waals surface area contributed by atoms with Crippen LogP contribution < -0.4 is 4.57 Å². The fourth-order valence-electron chi connectivity index (χ4n) is 5.44. The van der Waals surface area contributed by atoms with Gasteiger partial charge in [-0.2, -0.15) is 0 Å². The van der Waals surface area contributed by atoms with Crippen molar-refractivity contribution in [1.82, 2.24) is 4.98 Å². The molecule has 0 saturated carbocycles. The number of aromatic amines is 1. The molecule has 0 aromatic carbocycles. The molecule has 0 fully saturated rings. The van der Waals surface area contributed by atoms with E-state index in [2.05, 4.69) is 49.6 Å². The lowest BCUT2D eigenvalue weighted by molar-refractivity contribution is -0.726.